The summed E-state index contributed by atoms with van der Waals surface area (Å²) >= 11 is 3.21. The molecule has 1 fully saturated rings. The highest BCUT2D eigenvalue weighted by Crippen LogP contribution is 2.36. The first-order valence-electron chi connectivity index (χ1n) is 4.77. The van der Waals surface area contributed by atoms with Gasteiger partial charge in [0, 0.05) is 14.2 Å². The van der Waals surface area contributed by atoms with Crippen molar-refractivity contribution >= 4 is 21.7 Å². The van der Waals surface area contributed by atoms with Crippen molar-refractivity contribution in [2.24, 2.45) is 13.0 Å². The summed E-state index contributed by atoms with van der Waals surface area (Å²) in [6, 6.07) is 0. The Morgan fingerprint density at radius 1 is 1.67 bits per heavy atom. The van der Waals surface area contributed by atoms with Crippen molar-refractivity contribution in [3.8, 4) is 0 Å². The van der Waals surface area contributed by atoms with Crippen molar-refractivity contribution < 1.29 is 9.53 Å². The molecule has 0 bridgehead atoms. The number of carbonyl (C=O) groups excluding carboxylic acids is 1. The molecule has 0 amide bonds. The number of aromatic nitrogens is 3. The molecule has 15 heavy (non-hydrogen) atoms. The SMILES string of the molecule is COC(C(=O)c1c(Br)nnn1C)C1CC1. The van der Waals surface area contributed by atoms with Gasteiger partial charge in [-0.1, -0.05) is 5.21 Å². The monoisotopic (exact) mass is 273 g/mol. The molecule has 82 valence electrons. The summed E-state index contributed by atoms with van der Waals surface area (Å²) in [6.45, 7) is 0. The maximum atomic E-state index is 12.1. The zero-order valence-corrected chi connectivity index (χ0v) is 10.2. The maximum absolute atomic E-state index is 12.1. The van der Waals surface area contributed by atoms with Crippen molar-refractivity contribution in [2.45, 2.75) is 18.9 Å². The Balaban J connectivity index is 2.26. The summed E-state index contributed by atoms with van der Waals surface area (Å²) in [7, 11) is 3.27. The standard InChI is InChI=1S/C9H12BrN3O2/c1-13-6(9(10)11-12-13)7(14)8(15-2)5-3-4-5/h5,8H,3-4H2,1-2H3. The second-order valence-corrected chi connectivity index (χ2v) is 4.46. The number of hydrogen-bond donors (Lipinski definition) is 0. The number of Topliss-reactive ketones (excluding diaryl/α,β-unsaturated/α-hetero) is 1. The van der Waals surface area contributed by atoms with E-state index < -0.39 is 0 Å². The van der Waals surface area contributed by atoms with Gasteiger partial charge < -0.3 is 4.74 Å². The average molecular weight is 274 g/mol. The summed E-state index contributed by atoms with van der Waals surface area (Å²) in [5.41, 5.74) is 0.480. The molecule has 1 aromatic heterocycles. The number of ketones is 1. The quantitative estimate of drug-likeness (QED) is 0.774. The van der Waals surface area contributed by atoms with Crippen molar-refractivity contribution in [1.82, 2.24) is 15.0 Å². The Morgan fingerprint density at radius 3 is 2.73 bits per heavy atom. The van der Waals surface area contributed by atoms with E-state index in [4.69, 9.17) is 4.74 Å². The van der Waals surface area contributed by atoms with Crippen molar-refractivity contribution in [3.63, 3.8) is 0 Å². The molecule has 1 aromatic rings. The van der Waals surface area contributed by atoms with Crippen LogP contribution in [0.2, 0.25) is 0 Å². The molecular weight excluding hydrogens is 262 g/mol. The lowest BCUT2D eigenvalue weighted by molar-refractivity contribution is 0.0529. The van der Waals surface area contributed by atoms with Crippen molar-refractivity contribution in [2.75, 3.05) is 7.11 Å². The lowest BCUT2D eigenvalue weighted by atomic mass is 10.1. The zero-order valence-electron chi connectivity index (χ0n) is 8.61. The minimum atomic E-state index is -0.349. The second kappa shape index (κ2) is 4.02. The summed E-state index contributed by atoms with van der Waals surface area (Å²) in [5.74, 6) is 0.323. The van der Waals surface area contributed by atoms with E-state index in [1.807, 2.05) is 0 Å². The Hall–Kier alpha value is -0.750. The van der Waals surface area contributed by atoms with Crippen LogP contribution in [0.4, 0.5) is 0 Å². The highest BCUT2D eigenvalue weighted by Gasteiger charge is 2.38. The molecule has 0 aromatic carbocycles. The van der Waals surface area contributed by atoms with Gasteiger partial charge in [0.25, 0.3) is 0 Å². The minimum absolute atomic E-state index is 0.0422. The van der Waals surface area contributed by atoms with E-state index >= 15 is 0 Å². The highest BCUT2D eigenvalue weighted by atomic mass is 79.9. The Kier molecular flexibility index (Phi) is 2.88. The van der Waals surface area contributed by atoms with Crippen molar-refractivity contribution in [1.29, 1.82) is 0 Å². The van der Waals surface area contributed by atoms with Crippen LogP contribution in [-0.2, 0) is 11.8 Å². The van der Waals surface area contributed by atoms with E-state index in [2.05, 4.69) is 26.2 Å². The Morgan fingerprint density at radius 2 is 2.33 bits per heavy atom. The zero-order chi connectivity index (χ0) is 11.0. The van der Waals surface area contributed by atoms with Crippen LogP contribution < -0.4 is 0 Å². The van der Waals surface area contributed by atoms with Gasteiger partial charge in [0.1, 0.15) is 11.8 Å². The van der Waals surface area contributed by atoms with Gasteiger partial charge in [0.2, 0.25) is 5.78 Å². The van der Waals surface area contributed by atoms with Gasteiger partial charge >= 0.3 is 0 Å². The fourth-order valence-corrected chi connectivity index (χ4v) is 2.16. The molecule has 0 saturated heterocycles. The van der Waals surface area contributed by atoms with Gasteiger partial charge in [-0.05, 0) is 34.7 Å². The molecule has 1 unspecified atom stereocenters. The lowest BCUT2D eigenvalue weighted by Crippen LogP contribution is -2.27. The van der Waals surface area contributed by atoms with E-state index in [-0.39, 0.29) is 11.9 Å². The number of carbonyl (C=O) groups is 1. The molecule has 0 aliphatic heterocycles. The van der Waals surface area contributed by atoms with Gasteiger partial charge in [0.05, 0.1) is 0 Å². The predicted octanol–water partition coefficient (Wildman–Crippen LogP) is 1.19. The summed E-state index contributed by atoms with van der Waals surface area (Å²) in [5, 5.41) is 7.56. The number of methoxy groups -OCH3 is 1. The molecular formula is C9H12BrN3O2. The van der Waals surface area contributed by atoms with Crippen LogP contribution >= 0.6 is 15.9 Å². The molecule has 6 heteroatoms. The Bertz CT molecular complexity index is 367. The highest BCUT2D eigenvalue weighted by molar-refractivity contribution is 9.10. The molecule has 0 spiro atoms. The number of halogens is 1. The lowest BCUT2D eigenvalue weighted by Gasteiger charge is -2.12. The van der Waals surface area contributed by atoms with Crippen LogP contribution in [0.15, 0.2) is 4.60 Å². The summed E-state index contributed by atoms with van der Waals surface area (Å²) in [6.07, 6.45) is 1.78. The van der Waals surface area contributed by atoms with Gasteiger partial charge in [-0.2, -0.15) is 0 Å². The van der Waals surface area contributed by atoms with Gasteiger partial charge in [-0.3, -0.25) is 4.79 Å². The topological polar surface area (TPSA) is 57.0 Å². The smallest absolute Gasteiger partial charge is 0.212 e. The predicted molar refractivity (Wildman–Crippen MR) is 56.6 cm³/mol. The first-order valence-corrected chi connectivity index (χ1v) is 5.56. The number of rotatable bonds is 4. The third-order valence-electron chi connectivity index (χ3n) is 2.58. The molecule has 1 aliphatic rings. The third kappa shape index (κ3) is 1.96. The average Bonchev–Trinajstić information content (AvgIpc) is 2.95. The number of hydrogen-bond acceptors (Lipinski definition) is 4. The number of nitrogens with zero attached hydrogens (tertiary/aromatic N) is 3. The van der Waals surface area contributed by atoms with Crippen LogP contribution in [-0.4, -0.2) is 34.0 Å². The molecule has 1 saturated carbocycles. The molecule has 1 aliphatic carbocycles. The first kappa shape index (κ1) is 10.8. The van der Waals surface area contributed by atoms with Crippen LogP contribution in [0.3, 0.4) is 0 Å². The van der Waals surface area contributed by atoms with Crippen LogP contribution in [0.5, 0.6) is 0 Å². The van der Waals surface area contributed by atoms with Crippen LogP contribution in [0.1, 0.15) is 23.3 Å². The van der Waals surface area contributed by atoms with Gasteiger partial charge in [-0.15, -0.1) is 5.10 Å². The molecule has 1 atom stereocenters. The van der Waals surface area contributed by atoms with Crippen LogP contribution in [0.25, 0.3) is 0 Å². The van der Waals surface area contributed by atoms with Gasteiger partial charge in [-0.25, -0.2) is 4.68 Å². The van der Waals surface area contributed by atoms with Crippen molar-refractivity contribution in [3.05, 3.63) is 10.3 Å². The molecule has 2 rings (SSSR count). The van der Waals surface area contributed by atoms with E-state index in [1.165, 1.54) is 4.68 Å². The normalized spacial score (nSPS) is 17.8. The molecule has 0 radical (unpaired) electrons. The molecule has 0 N–H and O–H groups in total. The maximum Gasteiger partial charge on any atom is 0.212 e. The number of aryl methyl sites for hydroxylation is 1. The fourth-order valence-electron chi connectivity index (χ4n) is 1.64. The fraction of sp³-hybridized carbons (Fsp3) is 0.667. The van der Waals surface area contributed by atoms with E-state index in [1.54, 1.807) is 14.2 Å². The van der Waals surface area contributed by atoms with E-state index in [9.17, 15) is 4.79 Å². The Labute approximate surface area is 95.9 Å². The minimum Gasteiger partial charge on any atom is -0.373 e. The van der Waals surface area contributed by atoms with Crippen LogP contribution in [0, 0.1) is 5.92 Å². The second-order valence-electron chi connectivity index (χ2n) is 3.71. The molecule has 1 heterocycles. The summed E-state index contributed by atoms with van der Waals surface area (Å²) < 4.78 is 7.19. The number of ether oxygens (including phenoxy) is 1. The first-order chi connectivity index (χ1) is 7.15. The largest absolute Gasteiger partial charge is 0.373 e. The summed E-state index contributed by atoms with van der Waals surface area (Å²) in [4.78, 5) is 12.1. The van der Waals surface area contributed by atoms with Gasteiger partial charge in [0.15, 0.2) is 4.60 Å². The molecule has 5 nitrogen and oxygen atoms in total. The third-order valence-corrected chi connectivity index (χ3v) is 3.12. The van der Waals surface area contributed by atoms with E-state index in [0.29, 0.717) is 16.2 Å². The van der Waals surface area contributed by atoms with E-state index in [0.717, 1.165) is 12.8 Å².